The number of hydrogen-bond acceptors (Lipinski definition) is 5. The van der Waals surface area contributed by atoms with Crippen LogP contribution in [0.3, 0.4) is 0 Å². The van der Waals surface area contributed by atoms with Gasteiger partial charge in [0.2, 0.25) is 0 Å². The third kappa shape index (κ3) is 3.29. The highest BCUT2D eigenvalue weighted by atomic mass is 32.2. The smallest absolute Gasteiger partial charge is 0.356 e. The number of sulfonamides is 1. The molecule has 0 saturated carbocycles. The van der Waals surface area contributed by atoms with Crippen LogP contribution in [0, 0.1) is 5.92 Å². The predicted molar refractivity (Wildman–Crippen MR) is 86.1 cm³/mol. The number of carboxylic acid groups (broad SMARTS) is 1. The molecule has 1 aromatic heterocycles. The van der Waals surface area contributed by atoms with Gasteiger partial charge >= 0.3 is 5.97 Å². The summed E-state index contributed by atoms with van der Waals surface area (Å²) in [5, 5.41) is 9.07. The van der Waals surface area contributed by atoms with Crippen molar-refractivity contribution in [3.63, 3.8) is 0 Å². The summed E-state index contributed by atoms with van der Waals surface area (Å²) in [6, 6.07) is 9.95. The van der Waals surface area contributed by atoms with Crippen molar-refractivity contribution >= 4 is 27.3 Å². The summed E-state index contributed by atoms with van der Waals surface area (Å²) in [5.74, 6) is -1.07. The van der Waals surface area contributed by atoms with Crippen molar-refractivity contribution in [1.82, 2.24) is 9.29 Å². The molecule has 1 aliphatic heterocycles. The van der Waals surface area contributed by atoms with Crippen LogP contribution < -0.4 is 0 Å². The minimum atomic E-state index is -3.79. The first-order chi connectivity index (χ1) is 11.0. The molecule has 6 nitrogen and oxygen atoms in total. The zero-order chi connectivity index (χ0) is 16.4. The van der Waals surface area contributed by atoms with Crippen LogP contribution in [0.5, 0.6) is 0 Å². The molecule has 122 valence electrons. The molecule has 0 bridgehead atoms. The summed E-state index contributed by atoms with van der Waals surface area (Å²) in [6.45, 7) is 0.824. The van der Waals surface area contributed by atoms with Crippen molar-refractivity contribution < 1.29 is 18.3 Å². The number of aromatic carboxylic acids is 1. The van der Waals surface area contributed by atoms with Crippen LogP contribution in [-0.2, 0) is 16.4 Å². The maximum Gasteiger partial charge on any atom is 0.356 e. The fourth-order valence-electron chi connectivity index (χ4n) is 2.81. The number of rotatable bonds is 5. The molecule has 0 spiro atoms. The van der Waals surface area contributed by atoms with E-state index in [1.54, 1.807) is 0 Å². The Morgan fingerprint density at radius 1 is 1.35 bits per heavy atom. The van der Waals surface area contributed by atoms with Crippen LogP contribution in [0.15, 0.2) is 40.1 Å². The number of aromatic nitrogens is 1. The largest absolute Gasteiger partial charge is 0.476 e. The van der Waals surface area contributed by atoms with E-state index in [9.17, 15) is 13.2 Å². The quantitative estimate of drug-likeness (QED) is 0.890. The van der Waals surface area contributed by atoms with Crippen molar-refractivity contribution in [1.29, 1.82) is 0 Å². The van der Waals surface area contributed by atoms with Crippen LogP contribution in [-0.4, -0.2) is 41.9 Å². The molecule has 2 heterocycles. The Balaban J connectivity index is 1.75. The maximum atomic E-state index is 12.7. The summed E-state index contributed by atoms with van der Waals surface area (Å²) >= 11 is 0.855. The van der Waals surface area contributed by atoms with Gasteiger partial charge in [-0.25, -0.2) is 18.2 Å². The Kier molecular flexibility index (Phi) is 4.47. The lowest BCUT2D eigenvalue weighted by Gasteiger charge is -2.15. The van der Waals surface area contributed by atoms with Gasteiger partial charge in [-0.3, -0.25) is 0 Å². The number of benzene rings is 1. The van der Waals surface area contributed by atoms with E-state index in [0.717, 1.165) is 24.2 Å². The topological polar surface area (TPSA) is 87.6 Å². The maximum absolute atomic E-state index is 12.7. The third-order valence-electron chi connectivity index (χ3n) is 3.93. The lowest BCUT2D eigenvalue weighted by molar-refractivity contribution is 0.0687. The van der Waals surface area contributed by atoms with E-state index in [0.29, 0.717) is 13.1 Å². The van der Waals surface area contributed by atoms with Gasteiger partial charge in [-0.05, 0) is 24.3 Å². The molecule has 3 rings (SSSR count). The molecule has 2 aromatic rings. The number of hydrogen-bond donors (Lipinski definition) is 1. The summed E-state index contributed by atoms with van der Waals surface area (Å²) in [4.78, 5) is 14.8. The van der Waals surface area contributed by atoms with Gasteiger partial charge in [0.1, 0.15) is 0 Å². The average molecular weight is 352 g/mol. The Morgan fingerprint density at radius 3 is 2.78 bits per heavy atom. The lowest BCUT2D eigenvalue weighted by atomic mass is 9.99. The van der Waals surface area contributed by atoms with Gasteiger partial charge in [-0.1, -0.05) is 30.3 Å². The second-order valence-corrected chi connectivity index (χ2v) is 8.49. The van der Waals surface area contributed by atoms with Crippen LogP contribution in [0.4, 0.5) is 0 Å². The predicted octanol–water partition coefficient (Wildman–Crippen LogP) is 2.09. The van der Waals surface area contributed by atoms with Crippen molar-refractivity contribution in [3.8, 4) is 0 Å². The van der Waals surface area contributed by atoms with Gasteiger partial charge in [0.05, 0.1) is 5.51 Å². The van der Waals surface area contributed by atoms with Crippen LogP contribution in [0.1, 0.15) is 22.5 Å². The number of carbonyl (C=O) groups is 1. The molecule has 0 aliphatic carbocycles. The third-order valence-corrected chi connectivity index (χ3v) is 7.14. The van der Waals surface area contributed by atoms with Crippen molar-refractivity contribution in [2.45, 2.75) is 17.1 Å². The minimum absolute atomic E-state index is 0.176. The van der Waals surface area contributed by atoms with E-state index in [2.05, 4.69) is 4.98 Å². The fourth-order valence-corrected chi connectivity index (χ4v) is 5.62. The Labute approximate surface area is 138 Å². The summed E-state index contributed by atoms with van der Waals surface area (Å²) in [5.41, 5.74) is 2.05. The first-order valence-corrected chi connectivity index (χ1v) is 9.51. The van der Waals surface area contributed by atoms with Crippen LogP contribution in [0.2, 0.25) is 0 Å². The van der Waals surface area contributed by atoms with Gasteiger partial charge < -0.3 is 5.11 Å². The Bertz CT molecular complexity index is 802. The first-order valence-electron chi connectivity index (χ1n) is 7.19. The van der Waals surface area contributed by atoms with E-state index in [-0.39, 0.29) is 15.8 Å². The standard InChI is InChI=1S/C15H16N2O4S2/c18-14(19)13-15(22-10-16-13)23(20,21)17-7-6-12(9-17)8-11-4-2-1-3-5-11/h1-5,10,12H,6-9H2,(H,18,19). The molecule has 1 atom stereocenters. The minimum Gasteiger partial charge on any atom is -0.476 e. The molecule has 23 heavy (non-hydrogen) atoms. The van der Waals surface area contributed by atoms with E-state index < -0.39 is 16.0 Å². The second-order valence-electron chi connectivity index (χ2n) is 5.50. The van der Waals surface area contributed by atoms with E-state index in [1.165, 1.54) is 15.4 Å². The van der Waals surface area contributed by atoms with Gasteiger partial charge in [0.15, 0.2) is 9.90 Å². The van der Waals surface area contributed by atoms with Crippen LogP contribution in [0.25, 0.3) is 0 Å². The summed E-state index contributed by atoms with van der Waals surface area (Å²) in [7, 11) is -3.79. The molecule has 0 radical (unpaired) electrons. The van der Waals surface area contributed by atoms with E-state index in [4.69, 9.17) is 5.11 Å². The molecule has 0 amide bonds. The highest BCUT2D eigenvalue weighted by Crippen LogP contribution is 2.30. The molecule has 1 aliphatic rings. The van der Waals surface area contributed by atoms with Gasteiger partial charge in [-0.15, -0.1) is 11.3 Å². The van der Waals surface area contributed by atoms with Gasteiger partial charge in [-0.2, -0.15) is 4.31 Å². The number of nitrogens with zero attached hydrogens (tertiary/aromatic N) is 2. The van der Waals surface area contributed by atoms with Gasteiger partial charge in [0.25, 0.3) is 10.0 Å². The molecule has 8 heteroatoms. The van der Waals surface area contributed by atoms with Crippen molar-refractivity contribution in [2.24, 2.45) is 5.92 Å². The molecular formula is C15H16N2O4S2. The lowest BCUT2D eigenvalue weighted by Crippen LogP contribution is -2.29. The molecule has 1 N–H and O–H groups in total. The first kappa shape index (κ1) is 16.1. The van der Waals surface area contributed by atoms with Crippen molar-refractivity contribution in [2.75, 3.05) is 13.1 Å². The molecule has 1 unspecified atom stereocenters. The molecule has 1 saturated heterocycles. The average Bonchev–Trinajstić information content (AvgIpc) is 3.17. The van der Waals surface area contributed by atoms with Crippen LogP contribution >= 0.6 is 11.3 Å². The highest BCUT2D eigenvalue weighted by molar-refractivity contribution is 7.91. The highest BCUT2D eigenvalue weighted by Gasteiger charge is 2.36. The zero-order valence-corrected chi connectivity index (χ0v) is 13.9. The monoisotopic (exact) mass is 352 g/mol. The Morgan fingerprint density at radius 2 is 2.09 bits per heavy atom. The molecule has 1 aromatic carbocycles. The second kappa shape index (κ2) is 6.38. The van der Waals surface area contributed by atoms with E-state index >= 15 is 0 Å². The number of carboxylic acids is 1. The van der Waals surface area contributed by atoms with Crippen molar-refractivity contribution in [3.05, 3.63) is 47.1 Å². The normalized spacial score (nSPS) is 19.0. The van der Waals surface area contributed by atoms with Gasteiger partial charge in [0, 0.05) is 13.1 Å². The fraction of sp³-hybridized carbons (Fsp3) is 0.333. The summed E-state index contributed by atoms with van der Waals surface area (Å²) < 4.78 is 26.5. The SMILES string of the molecule is O=C(O)c1ncsc1S(=O)(=O)N1CCC(Cc2ccccc2)C1. The molecular weight excluding hydrogens is 336 g/mol. The summed E-state index contributed by atoms with van der Waals surface area (Å²) in [6.07, 6.45) is 1.59. The zero-order valence-electron chi connectivity index (χ0n) is 12.3. The molecule has 1 fully saturated rings. The number of thiazole rings is 1. The Hall–Kier alpha value is -1.77. The van der Waals surface area contributed by atoms with E-state index in [1.807, 2.05) is 30.3 Å².